The van der Waals surface area contributed by atoms with Gasteiger partial charge in [0.1, 0.15) is 24.7 Å². The Bertz CT molecular complexity index is 704. The second-order valence-corrected chi connectivity index (χ2v) is 5.49. The molecule has 7 heteroatoms. The molecule has 0 bridgehead atoms. The zero-order valence-electron chi connectivity index (χ0n) is 13.6. The van der Waals surface area contributed by atoms with Crippen LogP contribution in [0.1, 0.15) is 22.8 Å². The molecule has 0 aliphatic rings. The van der Waals surface area contributed by atoms with Crippen LogP contribution in [0.5, 0.6) is 0 Å². The molecular weight excluding hydrogens is 322 g/mol. The van der Waals surface area contributed by atoms with Gasteiger partial charge in [-0.05, 0) is 11.1 Å². The first-order chi connectivity index (χ1) is 12.0. The molecule has 0 aromatic heterocycles. The Morgan fingerprint density at radius 3 is 2.36 bits per heavy atom. The second kappa shape index (κ2) is 8.81. The Morgan fingerprint density at radius 1 is 1.12 bits per heavy atom. The van der Waals surface area contributed by atoms with Crippen LogP contribution in [-0.2, 0) is 11.3 Å². The van der Waals surface area contributed by atoms with Crippen molar-refractivity contribution in [2.45, 2.75) is 18.8 Å². The smallest absolute Gasteiger partial charge is 0.407 e. The number of carbonyl (C=O) groups is 1. The SMILES string of the molecule is N=C(N)c1ccc(C(O)C(O)CNC(=O)OCc2ccccc2)cc1. The molecule has 2 rings (SSSR count). The quantitative estimate of drug-likeness (QED) is 0.382. The maximum absolute atomic E-state index is 11.6. The number of alkyl carbamates (subject to hydrolysis) is 1. The van der Waals surface area contributed by atoms with E-state index in [4.69, 9.17) is 15.9 Å². The summed E-state index contributed by atoms with van der Waals surface area (Å²) in [6.07, 6.45) is -3.06. The lowest BCUT2D eigenvalue weighted by atomic mass is 10.0. The molecule has 2 aromatic rings. The van der Waals surface area contributed by atoms with Gasteiger partial charge in [0.2, 0.25) is 0 Å². The predicted molar refractivity (Wildman–Crippen MR) is 93.1 cm³/mol. The van der Waals surface area contributed by atoms with E-state index in [1.54, 1.807) is 24.3 Å². The van der Waals surface area contributed by atoms with E-state index in [0.717, 1.165) is 5.56 Å². The zero-order chi connectivity index (χ0) is 18.2. The van der Waals surface area contributed by atoms with Gasteiger partial charge in [-0.2, -0.15) is 0 Å². The number of ether oxygens (including phenoxy) is 1. The third-order valence-electron chi connectivity index (χ3n) is 3.60. The van der Waals surface area contributed by atoms with Gasteiger partial charge in [-0.1, -0.05) is 54.6 Å². The van der Waals surface area contributed by atoms with Crippen molar-refractivity contribution < 1.29 is 19.7 Å². The Hall–Kier alpha value is -2.90. The van der Waals surface area contributed by atoms with Crippen molar-refractivity contribution in [1.82, 2.24) is 5.32 Å². The van der Waals surface area contributed by atoms with E-state index in [0.29, 0.717) is 11.1 Å². The number of aliphatic hydroxyl groups is 2. The van der Waals surface area contributed by atoms with Crippen molar-refractivity contribution in [1.29, 1.82) is 5.41 Å². The minimum Gasteiger partial charge on any atom is -0.445 e. The minimum atomic E-state index is -1.20. The molecule has 0 fully saturated rings. The average Bonchev–Trinajstić information content (AvgIpc) is 2.64. The van der Waals surface area contributed by atoms with Gasteiger partial charge in [0.25, 0.3) is 0 Å². The fourth-order valence-corrected chi connectivity index (χ4v) is 2.16. The molecule has 2 aromatic carbocycles. The lowest BCUT2D eigenvalue weighted by molar-refractivity contribution is 0.0184. The van der Waals surface area contributed by atoms with Crippen LogP contribution in [0.4, 0.5) is 4.79 Å². The lowest BCUT2D eigenvalue weighted by Crippen LogP contribution is -2.35. The van der Waals surface area contributed by atoms with Crippen molar-refractivity contribution in [3.63, 3.8) is 0 Å². The van der Waals surface area contributed by atoms with Gasteiger partial charge in [-0.25, -0.2) is 4.79 Å². The zero-order valence-corrected chi connectivity index (χ0v) is 13.6. The molecule has 2 unspecified atom stereocenters. The van der Waals surface area contributed by atoms with Gasteiger partial charge >= 0.3 is 6.09 Å². The highest BCUT2D eigenvalue weighted by Gasteiger charge is 2.19. The number of nitrogen functional groups attached to an aromatic ring is 1. The largest absolute Gasteiger partial charge is 0.445 e. The Labute approximate surface area is 145 Å². The maximum Gasteiger partial charge on any atom is 0.407 e. The first kappa shape index (κ1) is 18.4. The van der Waals surface area contributed by atoms with Gasteiger partial charge in [0.15, 0.2) is 0 Å². The number of hydrogen-bond acceptors (Lipinski definition) is 5. The molecule has 0 aliphatic carbocycles. The number of benzene rings is 2. The first-order valence-corrected chi connectivity index (χ1v) is 7.72. The summed E-state index contributed by atoms with van der Waals surface area (Å²) in [6.45, 7) is -0.0406. The van der Waals surface area contributed by atoms with E-state index < -0.39 is 18.3 Å². The molecule has 6 N–H and O–H groups in total. The molecule has 0 saturated carbocycles. The summed E-state index contributed by atoms with van der Waals surface area (Å²) >= 11 is 0. The molecule has 132 valence electrons. The van der Waals surface area contributed by atoms with Gasteiger partial charge < -0.3 is 26.0 Å². The standard InChI is InChI=1S/C18H21N3O4/c19-17(20)14-8-6-13(7-9-14)16(23)15(22)10-21-18(24)25-11-12-4-2-1-3-5-12/h1-9,15-16,22-23H,10-11H2,(H3,19,20)(H,21,24). The molecule has 7 nitrogen and oxygen atoms in total. The number of rotatable bonds is 7. The van der Waals surface area contributed by atoms with Crippen LogP contribution in [0, 0.1) is 5.41 Å². The number of aliphatic hydroxyl groups excluding tert-OH is 2. The number of amidine groups is 1. The molecule has 0 aliphatic heterocycles. The predicted octanol–water partition coefficient (Wildman–Crippen LogP) is 1.29. The van der Waals surface area contributed by atoms with Crippen LogP contribution < -0.4 is 11.1 Å². The molecule has 25 heavy (non-hydrogen) atoms. The fraction of sp³-hybridized carbons (Fsp3) is 0.222. The number of amides is 1. The van der Waals surface area contributed by atoms with E-state index in [1.807, 2.05) is 30.3 Å². The molecule has 0 spiro atoms. The summed E-state index contributed by atoms with van der Waals surface area (Å²) in [4.78, 5) is 11.6. The van der Waals surface area contributed by atoms with Crippen LogP contribution in [0.2, 0.25) is 0 Å². The molecule has 0 heterocycles. The van der Waals surface area contributed by atoms with Crippen LogP contribution >= 0.6 is 0 Å². The summed E-state index contributed by atoms with van der Waals surface area (Å²) < 4.78 is 5.03. The van der Waals surface area contributed by atoms with Crippen molar-refractivity contribution in [2.75, 3.05) is 6.54 Å². The maximum atomic E-state index is 11.6. The van der Waals surface area contributed by atoms with E-state index in [9.17, 15) is 15.0 Å². The summed E-state index contributed by atoms with van der Waals surface area (Å²) in [5.41, 5.74) is 7.19. The summed E-state index contributed by atoms with van der Waals surface area (Å²) in [6, 6.07) is 15.5. The number of carbonyl (C=O) groups excluding carboxylic acids is 1. The van der Waals surface area contributed by atoms with Crippen LogP contribution in [-0.4, -0.2) is 34.8 Å². The highest BCUT2D eigenvalue weighted by Crippen LogP contribution is 2.17. The summed E-state index contributed by atoms with van der Waals surface area (Å²) in [5.74, 6) is -0.0792. The topological polar surface area (TPSA) is 129 Å². The number of nitrogens with two attached hydrogens (primary N) is 1. The van der Waals surface area contributed by atoms with E-state index in [-0.39, 0.29) is 19.0 Å². The van der Waals surface area contributed by atoms with Crippen molar-refractivity contribution in [2.24, 2.45) is 5.73 Å². The Morgan fingerprint density at radius 2 is 1.76 bits per heavy atom. The van der Waals surface area contributed by atoms with E-state index in [1.165, 1.54) is 0 Å². The van der Waals surface area contributed by atoms with Crippen LogP contribution in [0.25, 0.3) is 0 Å². The molecule has 1 amide bonds. The monoisotopic (exact) mass is 343 g/mol. The third kappa shape index (κ3) is 5.59. The Kier molecular flexibility index (Phi) is 6.50. The summed E-state index contributed by atoms with van der Waals surface area (Å²) in [5, 5.41) is 29.8. The second-order valence-electron chi connectivity index (χ2n) is 5.49. The molecule has 0 saturated heterocycles. The highest BCUT2D eigenvalue weighted by molar-refractivity contribution is 5.94. The van der Waals surface area contributed by atoms with Crippen molar-refractivity contribution >= 4 is 11.9 Å². The molecular formula is C18H21N3O4. The summed E-state index contributed by atoms with van der Waals surface area (Å²) in [7, 11) is 0. The minimum absolute atomic E-state index is 0.0792. The number of hydrogen-bond donors (Lipinski definition) is 5. The number of nitrogens with one attached hydrogen (secondary N) is 2. The van der Waals surface area contributed by atoms with Crippen molar-refractivity contribution in [3.05, 3.63) is 71.3 Å². The fourth-order valence-electron chi connectivity index (χ4n) is 2.16. The van der Waals surface area contributed by atoms with Gasteiger partial charge in [-0.3, -0.25) is 5.41 Å². The van der Waals surface area contributed by atoms with Crippen LogP contribution in [0.3, 0.4) is 0 Å². The highest BCUT2D eigenvalue weighted by atomic mass is 16.5. The van der Waals surface area contributed by atoms with Crippen LogP contribution in [0.15, 0.2) is 54.6 Å². The molecule has 0 radical (unpaired) electrons. The average molecular weight is 343 g/mol. The van der Waals surface area contributed by atoms with Crippen molar-refractivity contribution in [3.8, 4) is 0 Å². The normalized spacial score (nSPS) is 12.9. The van der Waals surface area contributed by atoms with Gasteiger partial charge in [-0.15, -0.1) is 0 Å². The lowest BCUT2D eigenvalue weighted by Gasteiger charge is -2.19. The third-order valence-corrected chi connectivity index (χ3v) is 3.60. The van der Waals surface area contributed by atoms with Gasteiger partial charge in [0.05, 0.1) is 0 Å². The molecule has 2 atom stereocenters. The Balaban J connectivity index is 1.79. The van der Waals surface area contributed by atoms with E-state index in [2.05, 4.69) is 5.32 Å². The van der Waals surface area contributed by atoms with E-state index >= 15 is 0 Å². The van der Waals surface area contributed by atoms with Gasteiger partial charge in [0, 0.05) is 12.1 Å². The first-order valence-electron chi connectivity index (χ1n) is 7.72.